The minimum Gasteiger partial charge on any atom is -0.294 e. The fourth-order valence-corrected chi connectivity index (χ4v) is 2.40. The maximum atomic E-state index is 12.5. The molecule has 1 heteroatoms. The van der Waals surface area contributed by atoms with Crippen LogP contribution in [0.25, 0.3) is 6.08 Å². The van der Waals surface area contributed by atoms with Gasteiger partial charge < -0.3 is 0 Å². The van der Waals surface area contributed by atoms with Gasteiger partial charge in [0.05, 0.1) is 0 Å². The van der Waals surface area contributed by atoms with Crippen LogP contribution in [0.3, 0.4) is 0 Å². The van der Waals surface area contributed by atoms with Crippen LogP contribution in [0.4, 0.5) is 0 Å². The van der Waals surface area contributed by atoms with Crippen molar-refractivity contribution >= 4 is 11.9 Å². The molecule has 0 spiro atoms. The average molecular weight is 258 g/mol. The minimum atomic E-state index is -0.264. The lowest BCUT2D eigenvalue weighted by Gasteiger charge is -2.33. The molecule has 0 saturated heterocycles. The first-order valence-corrected chi connectivity index (χ1v) is 7.14. The Morgan fingerprint density at radius 2 is 1.74 bits per heavy atom. The number of allylic oxidation sites excluding steroid dienone is 1. The lowest BCUT2D eigenvalue weighted by molar-refractivity contribution is -0.126. The quantitative estimate of drug-likeness (QED) is 0.658. The maximum Gasteiger partial charge on any atom is 0.161 e. The van der Waals surface area contributed by atoms with Gasteiger partial charge in [0.15, 0.2) is 5.78 Å². The molecule has 0 radical (unpaired) electrons. The van der Waals surface area contributed by atoms with Crippen LogP contribution in [0.5, 0.6) is 0 Å². The SMILES string of the molecule is CC(C)CC(C)(C(=O)C=Cc1ccccc1)C(C)C. The highest BCUT2D eigenvalue weighted by Crippen LogP contribution is 2.35. The molecule has 1 unspecified atom stereocenters. The Balaban J connectivity index is 2.87. The lowest BCUT2D eigenvalue weighted by atomic mass is 9.70. The number of hydrogen-bond donors (Lipinski definition) is 0. The molecule has 0 aromatic heterocycles. The Morgan fingerprint density at radius 1 is 1.16 bits per heavy atom. The van der Waals surface area contributed by atoms with Crippen LogP contribution in [-0.4, -0.2) is 5.78 Å². The van der Waals surface area contributed by atoms with E-state index in [1.807, 2.05) is 36.4 Å². The molecule has 0 aliphatic rings. The Kier molecular flexibility index (Phi) is 5.53. The summed E-state index contributed by atoms with van der Waals surface area (Å²) in [5, 5.41) is 0. The first-order chi connectivity index (χ1) is 8.86. The molecule has 0 aliphatic carbocycles. The minimum absolute atomic E-state index is 0.236. The third-order valence-electron chi connectivity index (χ3n) is 3.90. The molecule has 0 fully saturated rings. The molecule has 104 valence electrons. The summed E-state index contributed by atoms with van der Waals surface area (Å²) in [7, 11) is 0. The monoisotopic (exact) mass is 258 g/mol. The summed E-state index contributed by atoms with van der Waals surface area (Å²) in [6.45, 7) is 10.7. The number of hydrogen-bond acceptors (Lipinski definition) is 1. The molecule has 0 N–H and O–H groups in total. The van der Waals surface area contributed by atoms with E-state index in [0.717, 1.165) is 12.0 Å². The average Bonchev–Trinajstić information content (AvgIpc) is 2.36. The van der Waals surface area contributed by atoms with E-state index >= 15 is 0 Å². The van der Waals surface area contributed by atoms with Gasteiger partial charge in [0, 0.05) is 5.41 Å². The zero-order valence-corrected chi connectivity index (χ0v) is 12.8. The fourth-order valence-electron chi connectivity index (χ4n) is 2.40. The van der Waals surface area contributed by atoms with E-state index in [9.17, 15) is 4.79 Å². The van der Waals surface area contributed by atoms with Gasteiger partial charge in [-0.2, -0.15) is 0 Å². The third kappa shape index (κ3) is 4.34. The molecule has 1 aromatic carbocycles. The molecule has 1 rings (SSSR count). The van der Waals surface area contributed by atoms with Gasteiger partial charge in [0.25, 0.3) is 0 Å². The van der Waals surface area contributed by atoms with Gasteiger partial charge in [-0.15, -0.1) is 0 Å². The molecule has 0 saturated carbocycles. The van der Waals surface area contributed by atoms with Crippen LogP contribution in [0.15, 0.2) is 36.4 Å². The number of benzene rings is 1. The van der Waals surface area contributed by atoms with Crippen LogP contribution >= 0.6 is 0 Å². The molecule has 1 nitrogen and oxygen atoms in total. The first kappa shape index (κ1) is 15.7. The van der Waals surface area contributed by atoms with Crippen LogP contribution in [0.1, 0.15) is 46.6 Å². The van der Waals surface area contributed by atoms with E-state index in [2.05, 4.69) is 34.6 Å². The zero-order chi connectivity index (χ0) is 14.5. The van der Waals surface area contributed by atoms with Gasteiger partial charge >= 0.3 is 0 Å². The second-order valence-corrected chi connectivity index (χ2v) is 6.28. The van der Waals surface area contributed by atoms with Crippen LogP contribution in [-0.2, 0) is 4.79 Å². The molecule has 0 aliphatic heterocycles. The van der Waals surface area contributed by atoms with Gasteiger partial charge in [-0.1, -0.05) is 71.0 Å². The normalized spacial score (nSPS) is 15.1. The molecular weight excluding hydrogens is 232 g/mol. The van der Waals surface area contributed by atoms with Gasteiger partial charge in [-0.25, -0.2) is 0 Å². The highest BCUT2D eigenvalue weighted by atomic mass is 16.1. The fraction of sp³-hybridized carbons (Fsp3) is 0.500. The van der Waals surface area contributed by atoms with Crippen molar-refractivity contribution in [3.05, 3.63) is 42.0 Å². The summed E-state index contributed by atoms with van der Waals surface area (Å²) >= 11 is 0. The van der Waals surface area contributed by atoms with E-state index in [1.54, 1.807) is 6.08 Å². The third-order valence-corrected chi connectivity index (χ3v) is 3.90. The molecule has 19 heavy (non-hydrogen) atoms. The smallest absolute Gasteiger partial charge is 0.161 e. The summed E-state index contributed by atoms with van der Waals surface area (Å²) in [5.41, 5.74) is 0.811. The maximum absolute atomic E-state index is 12.5. The lowest BCUT2D eigenvalue weighted by Crippen LogP contribution is -2.33. The molecule has 0 amide bonds. The van der Waals surface area contributed by atoms with Gasteiger partial charge in [-0.05, 0) is 29.9 Å². The van der Waals surface area contributed by atoms with Crippen molar-refractivity contribution in [2.24, 2.45) is 17.3 Å². The summed E-state index contributed by atoms with van der Waals surface area (Å²) in [6.07, 6.45) is 4.60. The van der Waals surface area contributed by atoms with Crippen molar-refractivity contribution in [1.82, 2.24) is 0 Å². The van der Waals surface area contributed by atoms with Crippen LogP contribution in [0.2, 0.25) is 0 Å². The Morgan fingerprint density at radius 3 is 2.21 bits per heavy atom. The number of carbonyl (C=O) groups excluding carboxylic acids is 1. The largest absolute Gasteiger partial charge is 0.294 e. The molecule has 1 atom stereocenters. The highest BCUT2D eigenvalue weighted by molar-refractivity contribution is 5.98. The van der Waals surface area contributed by atoms with Crippen molar-refractivity contribution in [2.45, 2.75) is 41.0 Å². The Hall–Kier alpha value is -1.37. The van der Waals surface area contributed by atoms with Crippen molar-refractivity contribution < 1.29 is 4.79 Å². The van der Waals surface area contributed by atoms with E-state index in [0.29, 0.717) is 11.8 Å². The predicted molar refractivity (Wildman–Crippen MR) is 82.9 cm³/mol. The van der Waals surface area contributed by atoms with E-state index in [-0.39, 0.29) is 11.2 Å². The van der Waals surface area contributed by atoms with Crippen molar-refractivity contribution in [2.75, 3.05) is 0 Å². The van der Waals surface area contributed by atoms with Crippen molar-refractivity contribution in [3.8, 4) is 0 Å². The van der Waals surface area contributed by atoms with Crippen LogP contribution < -0.4 is 0 Å². The summed E-state index contributed by atoms with van der Waals surface area (Å²) < 4.78 is 0. The second kappa shape index (κ2) is 6.70. The van der Waals surface area contributed by atoms with Gasteiger partial charge in [0.1, 0.15) is 0 Å². The van der Waals surface area contributed by atoms with E-state index in [1.165, 1.54) is 0 Å². The summed E-state index contributed by atoms with van der Waals surface area (Å²) in [4.78, 5) is 12.5. The molecule has 1 aromatic rings. The highest BCUT2D eigenvalue weighted by Gasteiger charge is 2.35. The summed E-state index contributed by atoms with van der Waals surface area (Å²) in [6, 6.07) is 9.98. The van der Waals surface area contributed by atoms with Gasteiger partial charge in [-0.3, -0.25) is 4.79 Å². The first-order valence-electron chi connectivity index (χ1n) is 7.14. The second-order valence-electron chi connectivity index (χ2n) is 6.28. The zero-order valence-electron chi connectivity index (χ0n) is 12.8. The van der Waals surface area contributed by atoms with Crippen LogP contribution in [0, 0.1) is 17.3 Å². The topological polar surface area (TPSA) is 17.1 Å². The standard InChI is InChI=1S/C18H26O/c1-14(2)13-18(5,15(3)4)17(19)12-11-16-9-7-6-8-10-16/h6-12,14-15H,13H2,1-5H3. The van der Waals surface area contributed by atoms with E-state index in [4.69, 9.17) is 0 Å². The number of ketones is 1. The molecule has 0 heterocycles. The molecule has 0 bridgehead atoms. The number of rotatable bonds is 6. The van der Waals surface area contributed by atoms with Crippen molar-refractivity contribution in [1.29, 1.82) is 0 Å². The van der Waals surface area contributed by atoms with Crippen molar-refractivity contribution in [3.63, 3.8) is 0 Å². The summed E-state index contributed by atoms with van der Waals surface area (Å²) in [5.74, 6) is 1.12. The number of carbonyl (C=O) groups is 1. The Labute approximate surface area is 117 Å². The Bertz CT molecular complexity index is 428. The van der Waals surface area contributed by atoms with E-state index < -0.39 is 0 Å². The predicted octanol–water partition coefficient (Wildman–Crippen LogP) is 4.98. The van der Waals surface area contributed by atoms with Gasteiger partial charge in [0.2, 0.25) is 0 Å². The molecular formula is C18H26O.